The summed E-state index contributed by atoms with van der Waals surface area (Å²) in [6.07, 6.45) is 4.35. The fraction of sp³-hybridized carbons (Fsp3) is 0.294. The lowest BCUT2D eigenvalue weighted by atomic mass is 10.1. The molecule has 108 valence electrons. The number of rotatable bonds is 5. The van der Waals surface area contributed by atoms with Gasteiger partial charge in [-0.15, -0.1) is 0 Å². The highest BCUT2D eigenvalue weighted by Gasteiger charge is 2.32. The molecule has 0 unspecified atom stereocenters. The number of carbonyl (C=O) groups excluding carboxylic acids is 1. The van der Waals surface area contributed by atoms with Crippen molar-refractivity contribution in [2.75, 3.05) is 5.73 Å². The van der Waals surface area contributed by atoms with Crippen LogP contribution >= 0.6 is 0 Å². The molecule has 1 amide bonds. The zero-order valence-corrected chi connectivity index (χ0v) is 11.9. The minimum Gasteiger partial charge on any atom is -0.399 e. The number of nitrogen functional groups attached to an aromatic ring is 1. The summed E-state index contributed by atoms with van der Waals surface area (Å²) < 4.78 is 0. The number of benzene rings is 1. The Balaban J connectivity index is 1.70. The lowest BCUT2D eigenvalue weighted by Gasteiger charge is -2.22. The minimum absolute atomic E-state index is 0.147. The molecule has 0 bridgehead atoms. The van der Waals surface area contributed by atoms with Crippen molar-refractivity contribution < 1.29 is 4.79 Å². The van der Waals surface area contributed by atoms with Gasteiger partial charge in [0.2, 0.25) is 5.91 Å². The Morgan fingerprint density at radius 3 is 2.76 bits per heavy atom. The predicted molar refractivity (Wildman–Crippen MR) is 82.4 cm³/mol. The molecule has 21 heavy (non-hydrogen) atoms. The Bertz CT molecular complexity index is 623. The molecular formula is C17H19N3O. The predicted octanol–water partition coefficient (Wildman–Crippen LogP) is 2.40. The van der Waals surface area contributed by atoms with Crippen molar-refractivity contribution in [2.45, 2.75) is 31.8 Å². The summed E-state index contributed by atoms with van der Waals surface area (Å²) in [6.45, 7) is 0.590. The summed E-state index contributed by atoms with van der Waals surface area (Å²) in [5.41, 5.74) is 8.37. The molecule has 1 aliphatic carbocycles. The van der Waals surface area contributed by atoms with E-state index in [2.05, 4.69) is 4.98 Å². The van der Waals surface area contributed by atoms with Crippen molar-refractivity contribution in [3.05, 3.63) is 59.9 Å². The van der Waals surface area contributed by atoms with E-state index < -0.39 is 0 Å². The number of aromatic nitrogens is 1. The maximum atomic E-state index is 12.6. The summed E-state index contributed by atoms with van der Waals surface area (Å²) in [6, 6.07) is 13.7. The van der Waals surface area contributed by atoms with E-state index in [-0.39, 0.29) is 5.91 Å². The Morgan fingerprint density at radius 2 is 2.10 bits per heavy atom. The van der Waals surface area contributed by atoms with Crippen molar-refractivity contribution in [1.29, 1.82) is 0 Å². The average molecular weight is 281 g/mol. The lowest BCUT2D eigenvalue weighted by Crippen LogP contribution is -2.34. The number of amides is 1. The van der Waals surface area contributed by atoms with Gasteiger partial charge in [-0.3, -0.25) is 9.78 Å². The van der Waals surface area contributed by atoms with Gasteiger partial charge < -0.3 is 10.6 Å². The number of hydrogen-bond donors (Lipinski definition) is 1. The third-order valence-corrected chi connectivity index (χ3v) is 3.67. The maximum Gasteiger partial charge on any atom is 0.227 e. The number of anilines is 1. The quantitative estimate of drug-likeness (QED) is 0.856. The molecule has 4 heteroatoms. The van der Waals surface area contributed by atoms with Gasteiger partial charge in [-0.2, -0.15) is 0 Å². The van der Waals surface area contributed by atoms with E-state index in [0.717, 1.165) is 24.1 Å². The molecule has 1 fully saturated rings. The normalized spacial score (nSPS) is 13.9. The van der Waals surface area contributed by atoms with Crippen LogP contribution in [0.5, 0.6) is 0 Å². The van der Waals surface area contributed by atoms with Crippen LogP contribution in [0.2, 0.25) is 0 Å². The van der Waals surface area contributed by atoms with E-state index in [4.69, 9.17) is 5.73 Å². The zero-order chi connectivity index (χ0) is 14.7. The molecule has 4 nitrogen and oxygen atoms in total. The topological polar surface area (TPSA) is 59.2 Å². The molecule has 0 radical (unpaired) electrons. The number of hydrogen-bond acceptors (Lipinski definition) is 3. The zero-order valence-electron chi connectivity index (χ0n) is 11.9. The van der Waals surface area contributed by atoms with Gasteiger partial charge in [-0.1, -0.05) is 18.2 Å². The monoisotopic (exact) mass is 281 g/mol. The highest BCUT2D eigenvalue weighted by atomic mass is 16.2. The number of nitrogens with two attached hydrogens (primary N) is 1. The summed E-state index contributed by atoms with van der Waals surface area (Å²) in [7, 11) is 0. The third-order valence-electron chi connectivity index (χ3n) is 3.67. The maximum absolute atomic E-state index is 12.6. The van der Waals surface area contributed by atoms with E-state index in [1.165, 1.54) is 0 Å². The van der Waals surface area contributed by atoms with Crippen LogP contribution in [-0.2, 0) is 17.8 Å². The van der Waals surface area contributed by atoms with Crippen LogP contribution < -0.4 is 5.73 Å². The van der Waals surface area contributed by atoms with E-state index in [1.807, 2.05) is 47.4 Å². The van der Waals surface area contributed by atoms with Crippen molar-refractivity contribution in [3.63, 3.8) is 0 Å². The molecule has 1 aromatic heterocycles. The third kappa shape index (κ3) is 3.60. The first-order valence-electron chi connectivity index (χ1n) is 7.26. The average Bonchev–Trinajstić information content (AvgIpc) is 3.30. The highest BCUT2D eigenvalue weighted by Crippen LogP contribution is 2.28. The van der Waals surface area contributed by atoms with E-state index in [9.17, 15) is 4.79 Å². The summed E-state index contributed by atoms with van der Waals surface area (Å²) in [4.78, 5) is 18.8. The first-order chi connectivity index (χ1) is 10.2. The van der Waals surface area contributed by atoms with Crippen molar-refractivity contribution in [3.8, 4) is 0 Å². The molecule has 1 heterocycles. The van der Waals surface area contributed by atoms with E-state index in [0.29, 0.717) is 24.7 Å². The lowest BCUT2D eigenvalue weighted by molar-refractivity contribution is -0.131. The van der Waals surface area contributed by atoms with Gasteiger partial charge in [0.15, 0.2) is 0 Å². The molecule has 3 rings (SSSR count). The van der Waals surface area contributed by atoms with Crippen molar-refractivity contribution in [2.24, 2.45) is 0 Å². The molecule has 2 aromatic rings. The van der Waals surface area contributed by atoms with Gasteiger partial charge >= 0.3 is 0 Å². The second-order valence-corrected chi connectivity index (χ2v) is 5.50. The van der Waals surface area contributed by atoms with Crippen LogP contribution in [-0.4, -0.2) is 21.8 Å². The molecule has 0 saturated heterocycles. The van der Waals surface area contributed by atoms with Crippen molar-refractivity contribution in [1.82, 2.24) is 9.88 Å². The van der Waals surface area contributed by atoms with Crippen LogP contribution in [0.1, 0.15) is 24.1 Å². The van der Waals surface area contributed by atoms with Gasteiger partial charge in [0.25, 0.3) is 0 Å². The Morgan fingerprint density at radius 1 is 1.24 bits per heavy atom. The number of carbonyl (C=O) groups is 1. The molecule has 2 N–H and O–H groups in total. The summed E-state index contributed by atoms with van der Waals surface area (Å²) in [5.74, 6) is 0.147. The Kier molecular flexibility index (Phi) is 3.86. The molecule has 0 spiro atoms. The smallest absolute Gasteiger partial charge is 0.227 e. The van der Waals surface area contributed by atoms with Crippen LogP contribution in [0.3, 0.4) is 0 Å². The van der Waals surface area contributed by atoms with Crippen molar-refractivity contribution >= 4 is 11.6 Å². The molecule has 0 aliphatic heterocycles. The van der Waals surface area contributed by atoms with Gasteiger partial charge in [-0.05, 0) is 42.7 Å². The SMILES string of the molecule is Nc1cccc(CC(=O)N(Cc2ccccn2)C2CC2)c1. The first kappa shape index (κ1) is 13.6. The first-order valence-corrected chi connectivity index (χ1v) is 7.26. The highest BCUT2D eigenvalue weighted by molar-refractivity contribution is 5.79. The Hall–Kier alpha value is -2.36. The number of pyridine rings is 1. The largest absolute Gasteiger partial charge is 0.399 e. The fourth-order valence-electron chi connectivity index (χ4n) is 2.45. The molecule has 1 aliphatic rings. The van der Waals surface area contributed by atoms with E-state index in [1.54, 1.807) is 6.20 Å². The summed E-state index contributed by atoms with van der Waals surface area (Å²) in [5, 5.41) is 0. The van der Waals surface area contributed by atoms with Gasteiger partial charge in [0, 0.05) is 17.9 Å². The fourth-order valence-corrected chi connectivity index (χ4v) is 2.45. The van der Waals surface area contributed by atoms with E-state index >= 15 is 0 Å². The van der Waals surface area contributed by atoms with Gasteiger partial charge in [-0.25, -0.2) is 0 Å². The van der Waals surface area contributed by atoms with Crippen LogP contribution in [0.4, 0.5) is 5.69 Å². The van der Waals surface area contributed by atoms with Gasteiger partial charge in [0.1, 0.15) is 0 Å². The minimum atomic E-state index is 0.147. The van der Waals surface area contributed by atoms with Crippen LogP contribution in [0.15, 0.2) is 48.7 Å². The molecule has 1 aromatic carbocycles. The second-order valence-electron chi connectivity index (χ2n) is 5.50. The van der Waals surface area contributed by atoms with Crippen LogP contribution in [0, 0.1) is 0 Å². The molecule has 1 saturated carbocycles. The Labute approximate surface area is 124 Å². The standard InChI is InChI=1S/C17H19N3O/c18-14-5-3-4-13(10-14)11-17(21)20(16-7-8-16)12-15-6-1-2-9-19-15/h1-6,9-10,16H,7-8,11-12,18H2. The summed E-state index contributed by atoms with van der Waals surface area (Å²) >= 11 is 0. The number of nitrogens with zero attached hydrogens (tertiary/aromatic N) is 2. The van der Waals surface area contributed by atoms with Crippen LogP contribution in [0.25, 0.3) is 0 Å². The molecule has 0 atom stereocenters. The second kappa shape index (κ2) is 5.95. The van der Waals surface area contributed by atoms with Gasteiger partial charge in [0.05, 0.1) is 18.7 Å². The molecular weight excluding hydrogens is 262 g/mol.